The van der Waals surface area contributed by atoms with Gasteiger partial charge < -0.3 is 12.4 Å². The minimum atomic E-state index is 0. The largest absolute Gasteiger partial charge is 4.00 e. The molecule has 0 spiro atoms. The summed E-state index contributed by atoms with van der Waals surface area (Å²) in [6.07, 6.45) is 0. The molecule has 0 aromatic heterocycles. The van der Waals surface area contributed by atoms with Crippen molar-refractivity contribution in [2.45, 2.75) is 0 Å². The van der Waals surface area contributed by atoms with Crippen LogP contribution < -0.4 is 12.4 Å². The Hall–Kier alpha value is -1.57. The Kier molecular flexibility index (Phi) is 15.8. The third-order valence-electron chi connectivity index (χ3n) is 2.53. The van der Waals surface area contributed by atoms with Crippen LogP contribution in [0.3, 0.4) is 0 Å². The number of hydrogen-bond acceptors (Lipinski definition) is 0. The van der Waals surface area contributed by atoms with Crippen LogP contribution in [0.5, 0.6) is 0 Å². The Bertz CT molecular complexity index is 491. The van der Waals surface area contributed by atoms with Crippen molar-refractivity contribution in [3.8, 4) is 0 Å². The van der Waals surface area contributed by atoms with E-state index in [4.69, 9.17) is 0 Å². The fraction of sp³-hybridized carbons (Fsp3) is 0. The van der Waals surface area contributed by atoms with Crippen molar-refractivity contribution in [1.29, 1.82) is 0 Å². The number of benzene rings is 3. The van der Waals surface area contributed by atoms with Crippen LogP contribution in [0.25, 0.3) is 0 Å². The van der Waals surface area contributed by atoms with E-state index < -0.39 is 0 Å². The molecular weight excluding hydrogens is 466 g/mol. The minimum Gasteiger partial charge on any atom is -1.00 e. The molecule has 3 rings (SSSR count). The molecule has 3 aromatic carbocycles. The standard InChI is InChI=1S/3C7H7.ClH.Hf/c3*1-7-5-3-2-4-6-7;;/h3*2-6H,1H2;1H;/q3*-1;;+4/p-1. The summed E-state index contributed by atoms with van der Waals surface area (Å²) in [7, 11) is 0. The second-order valence-electron chi connectivity index (χ2n) is 4.46. The number of hydrogen-bond donors (Lipinski definition) is 0. The molecular formula is C21H21ClHf. The van der Waals surface area contributed by atoms with Gasteiger partial charge in [-0.1, -0.05) is 18.2 Å². The summed E-state index contributed by atoms with van der Waals surface area (Å²) < 4.78 is 0. The normalized spacial score (nSPS) is 7.83. The number of halogens is 1. The van der Waals surface area contributed by atoms with E-state index in [-0.39, 0.29) is 38.3 Å². The maximum absolute atomic E-state index is 3.72. The van der Waals surface area contributed by atoms with E-state index in [1.165, 1.54) is 0 Å². The van der Waals surface area contributed by atoms with Gasteiger partial charge in [-0.2, -0.15) is 73.9 Å². The quantitative estimate of drug-likeness (QED) is 0.338. The van der Waals surface area contributed by atoms with E-state index in [2.05, 4.69) is 20.8 Å². The van der Waals surface area contributed by atoms with Crippen molar-refractivity contribution in [2.75, 3.05) is 0 Å². The second-order valence-corrected chi connectivity index (χ2v) is 4.46. The van der Waals surface area contributed by atoms with Gasteiger partial charge in [0.05, 0.1) is 0 Å². The fourth-order valence-corrected chi connectivity index (χ4v) is 1.43. The van der Waals surface area contributed by atoms with Gasteiger partial charge in [0.1, 0.15) is 0 Å². The summed E-state index contributed by atoms with van der Waals surface area (Å²) in [5.41, 5.74) is 3.22. The molecule has 0 radical (unpaired) electrons. The molecule has 0 amide bonds. The van der Waals surface area contributed by atoms with Crippen LogP contribution in [0.4, 0.5) is 0 Å². The van der Waals surface area contributed by atoms with Gasteiger partial charge in [-0.15, -0.1) is 36.4 Å². The van der Waals surface area contributed by atoms with Crippen molar-refractivity contribution in [1.82, 2.24) is 0 Å². The van der Waals surface area contributed by atoms with E-state index in [1.54, 1.807) is 0 Å². The topological polar surface area (TPSA) is 0 Å². The van der Waals surface area contributed by atoms with Crippen LogP contribution in [-0.2, 0) is 25.8 Å². The van der Waals surface area contributed by atoms with Crippen LogP contribution in [0.15, 0.2) is 91.0 Å². The Labute approximate surface area is 166 Å². The molecule has 0 aliphatic heterocycles. The summed E-state index contributed by atoms with van der Waals surface area (Å²) in [6, 6.07) is 29.6. The van der Waals surface area contributed by atoms with Crippen LogP contribution >= 0.6 is 0 Å². The predicted octanol–water partition coefficient (Wildman–Crippen LogP) is 2.61. The summed E-state index contributed by atoms with van der Waals surface area (Å²) in [5.74, 6) is 0. The first-order valence-corrected chi connectivity index (χ1v) is 6.79. The van der Waals surface area contributed by atoms with Crippen LogP contribution in [0, 0.1) is 20.8 Å². The molecule has 23 heavy (non-hydrogen) atoms. The molecule has 3 aromatic rings. The summed E-state index contributed by atoms with van der Waals surface area (Å²) in [4.78, 5) is 0. The molecule has 0 aliphatic rings. The van der Waals surface area contributed by atoms with E-state index in [0.29, 0.717) is 0 Å². The van der Waals surface area contributed by atoms with Gasteiger partial charge in [0.2, 0.25) is 0 Å². The first-order chi connectivity index (χ1) is 10.2. The SMILES string of the molecule is [CH2-]c1ccccc1.[CH2-]c1ccccc1.[CH2-]c1ccccc1.[Cl-].[Hf+4]. The third kappa shape index (κ3) is 13.8. The molecule has 0 heterocycles. The van der Waals surface area contributed by atoms with Gasteiger partial charge >= 0.3 is 25.8 Å². The van der Waals surface area contributed by atoms with Gasteiger partial charge in [0.15, 0.2) is 0 Å². The molecule has 2 heteroatoms. The molecule has 0 saturated heterocycles. The Balaban J connectivity index is 0. The molecule has 0 bridgehead atoms. The minimum absolute atomic E-state index is 0. The van der Waals surface area contributed by atoms with E-state index in [0.717, 1.165) is 16.7 Å². The van der Waals surface area contributed by atoms with E-state index in [1.807, 2.05) is 91.0 Å². The first kappa shape index (κ1) is 23.7. The monoisotopic (exact) mass is 488 g/mol. The van der Waals surface area contributed by atoms with Crippen molar-refractivity contribution in [3.63, 3.8) is 0 Å². The molecule has 0 aliphatic carbocycles. The zero-order valence-corrected chi connectivity index (χ0v) is 17.5. The fourth-order valence-electron chi connectivity index (χ4n) is 1.43. The van der Waals surface area contributed by atoms with Gasteiger partial charge in [-0.25, -0.2) is 0 Å². The van der Waals surface area contributed by atoms with Crippen molar-refractivity contribution in [3.05, 3.63) is 128 Å². The van der Waals surface area contributed by atoms with Crippen molar-refractivity contribution >= 4 is 0 Å². The van der Waals surface area contributed by atoms with Crippen LogP contribution in [0.1, 0.15) is 16.7 Å². The average Bonchev–Trinajstić information content (AvgIpc) is 2.51. The smallest absolute Gasteiger partial charge is 1.00 e. The Morgan fingerprint density at radius 1 is 0.391 bits per heavy atom. The molecule has 0 saturated carbocycles. The van der Waals surface area contributed by atoms with Crippen molar-refractivity contribution < 1.29 is 38.3 Å². The maximum atomic E-state index is 3.72. The third-order valence-corrected chi connectivity index (χ3v) is 2.53. The summed E-state index contributed by atoms with van der Waals surface area (Å²) >= 11 is 0. The average molecular weight is 487 g/mol. The van der Waals surface area contributed by atoms with Crippen molar-refractivity contribution in [2.24, 2.45) is 0 Å². The summed E-state index contributed by atoms with van der Waals surface area (Å²) in [6.45, 7) is 11.2. The zero-order valence-electron chi connectivity index (χ0n) is 13.2. The first-order valence-electron chi connectivity index (χ1n) is 6.79. The maximum Gasteiger partial charge on any atom is 4.00 e. The second kappa shape index (κ2) is 15.3. The summed E-state index contributed by atoms with van der Waals surface area (Å²) in [5, 5.41) is 0. The Morgan fingerprint density at radius 3 is 0.652 bits per heavy atom. The molecule has 0 fully saturated rings. The van der Waals surface area contributed by atoms with Gasteiger partial charge in [-0.05, 0) is 0 Å². The molecule has 0 atom stereocenters. The molecule has 0 nitrogen and oxygen atoms in total. The van der Waals surface area contributed by atoms with Gasteiger partial charge in [0, 0.05) is 0 Å². The number of rotatable bonds is 0. The van der Waals surface area contributed by atoms with E-state index >= 15 is 0 Å². The van der Waals surface area contributed by atoms with Gasteiger partial charge in [-0.3, -0.25) is 0 Å². The van der Waals surface area contributed by atoms with E-state index in [9.17, 15) is 0 Å². The van der Waals surface area contributed by atoms with Gasteiger partial charge in [0.25, 0.3) is 0 Å². The molecule has 0 unspecified atom stereocenters. The molecule has 116 valence electrons. The predicted molar refractivity (Wildman–Crippen MR) is 92.7 cm³/mol. The Morgan fingerprint density at radius 2 is 0.565 bits per heavy atom. The van der Waals surface area contributed by atoms with Crippen LogP contribution in [-0.4, -0.2) is 0 Å². The zero-order chi connectivity index (χ0) is 15.3. The van der Waals surface area contributed by atoms with Crippen LogP contribution in [0.2, 0.25) is 0 Å². The molecule has 0 N–H and O–H groups in total.